The fourth-order valence-corrected chi connectivity index (χ4v) is 2.57. The smallest absolute Gasteiger partial charge is 0.239 e. The molecule has 1 N–H and O–H groups in total. The van der Waals surface area contributed by atoms with Gasteiger partial charge in [0.15, 0.2) is 0 Å². The highest BCUT2D eigenvalue weighted by Crippen LogP contribution is 2.15. The second-order valence-corrected chi connectivity index (χ2v) is 6.20. The molecule has 1 unspecified atom stereocenters. The van der Waals surface area contributed by atoms with Crippen molar-refractivity contribution >= 4 is 17.2 Å². The van der Waals surface area contributed by atoms with Gasteiger partial charge >= 0.3 is 0 Å². The van der Waals surface area contributed by atoms with E-state index in [1.165, 1.54) is 0 Å². The number of hydrogen-bond donors (Lipinski definition) is 1. The van der Waals surface area contributed by atoms with Crippen LogP contribution in [0, 0.1) is 17.2 Å². The quantitative estimate of drug-likeness (QED) is 0.868. The molecule has 0 aliphatic heterocycles. The van der Waals surface area contributed by atoms with Gasteiger partial charge in [0, 0.05) is 30.9 Å². The van der Waals surface area contributed by atoms with Crippen LogP contribution in [0.4, 0.5) is 0 Å². The van der Waals surface area contributed by atoms with E-state index in [4.69, 9.17) is 5.26 Å². The summed E-state index contributed by atoms with van der Waals surface area (Å²) in [5.41, 5.74) is 0.682. The lowest BCUT2D eigenvalue weighted by Gasteiger charge is -2.23. The summed E-state index contributed by atoms with van der Waals surface area (Å²) < 4.78 is 0. The lowest BCUT2D eigenvalue weighted by molar-refractivity contribution is -0.131. The molecule has 0 saturated heterocycles. The normalized spacial score (nSPS) is 12.2. The molecule has 0 aliphatic carbocycles. The summed E-state index contributed by atoms with van der Waals surface area (Å²) in [6.07, 6.45) is 0.813. The van der Waals surface area contributed by atoms with E-state index >= 15 is 0 Å². The SMILES string of the molecule is CC(C)CC(NCc1cc(C#N)cs1)C(=O)N(C)C. The maximum atomic E-state index is 12.1. The highest BCUT2D eigenvalue weighted by Gasteiger charge is 2.20. The van der Waals surface area contributed by atoms with Crippen molar-refractivity contribution in [3.63, 3.8) is 0 Å². The van der Waals surface area contributed by atoms with Crippen LogP contribution in [0.2, 0.25) is 0 Å². The molecule has 4 nitrogen and oxygen atoms in total. The van der Waals surface area contributed by atoms with Gasteiger partial charge in [-0.2, -0.15) is 5.26 Å². The molecule has 0 bridgehead atoms. The molecule has 1 atom stereocenters. The Kier molecular flexibility index (Phi) is 6.00. The van der Waals surface area contributed by atoms with E-state index in [-0.39, 0.29) is 11.9 Å². The first-order valence-corrected chi connectivity index (χ1v) is 7.24. The van der Waals surface area contributed by atoms with Gasteiger partial charge in [-0.3, -0.25) is 4.79 Å². The Morgan fingerprint density at radius 3 is 2.68 bits per heavy atom. The Morgan fingerprint density at radius 1 is 1.53 bits per heavy atom. The monoisotopic (exact) mass is 279 g/mol. The highest BCUT2D eigenvalue weighted by atomic mass is 32.1. The zero-order chi connectivity index (χ0) is 14.4. The van der Waals surface area contributed by atoms with Crippen LogP contribution in [0.15, 0.2) is 11.4 Å². The topological polar surface area (TPSA) is 56.1 Å². The molecule has 0 aliphatic rings. The van der Waals surface area contributed by atoms with Crippen molar-refractivity contribution in [3.05, 3.63) is 21.9 Å². The Hall–Kier alpha value is -1.38. The molecule has 0 saturated carbocycles. The molecule has 5 heteroatoms. The number of carbonyl (C=O) groups is 1. The molecule has 1 heterocycles. The predicted molar refractivity (Wildman–Crippen MR) is 77.8 cm³/mol. The Bertz CT molecular complexity index is 460. The first kappa shape index (κ1) is 15.7. The van der Waals surface area contributed by atoms with Gasteiger partial charge in [0.2, 0.25) is 5.91 Å². The first-order valence-electron chi connectivity index (χ1n) is 6.36. The average molecular weight is 279 g/mol. The number of nitrogens with one attached hydrogen (secondary N) is 1. The number of nitriles is 1. The summed E-state index contributed by atoms with van der Waals surface area (Å²) in [4.78, 5) is 14.8. The number of amides is 1. The summed E-state index contributed by atoms with van der Waals surface area (Å²) in [6.45, 7) is 4.84. The number of likely N-dealkylation sites (N-methyl/N-ethyl adjacent to an activating group) is 1. The molecule has 1 aromatic rings. The third kappa shape index (κ3) is 5.01. The van der Waals surface area contributed by atoms with Crippen LogP contribution in [0.3, 0.4) is 0 Å². The van der Waals surface area contributed by atoms with Crippen LogP contribution in [0.25, 0.3) is 0 Å². The van der Waals surface area contributed by atoms with Crippen LogP contribution in [0.5, 0.6) is 0 Å². The molecule has 1 rings (SSSR count). The number of nitrogens with zero attached hydrogens (tertiary/aromatic N) is 2. The van der Waals surface area contributed by atoms with E-state index in [1.54, 1.807) is 30.3 Å². The van der Waals surface area contributed by atoms with Crippen molar-refractivity contribution in [3.8, 4) is 6.07 Å². The molecule has 19 heavy (non-hydrogen) atoms. The van der Waals surface area contributed by atoms with E-state index in [0.29, 0.717) is 18.0 Å². The van der Waals surface area contributed by atoms with E-state index in [2.05, 4.69) is 25.2 Å². The van der Waals surface area contributed by atoms with Gasteiger partial charge < -0.3 is 10.2 Å². The van der Waals surface area contributed by atoms with Crippen molar-refractivity contribution in [1.29, 1.82) is 5.26 Å². The van der Waals surface area contributed by atoms with Gasteiger partial charge in [-0.25, -0.2) is 0 Å². The van der Waals surface area contributed by atoms with Crippen LogP contribution >= 0.6 is 11.3 Å². The van der Waals surface area contributed by atoms with Gasteiger partial charge in [-0.05, 0) is 18.4 Å². The molecule has 0 radical (unpaired) electrons. The van der Waals surface area contributed by atoms with Crippen molar-refractivity contribution in [1.82, 2.24) is 10.2 Å². The molecule has 1 aromatic heterocycles. The first-order chi connectivity index (χ1) is 8.93. The fraction of sp³-hybridized carbons (Fsp3) is 0.571. The van der Waals surface area contributed by atoms with Crippen LogP contribution in [0.1, 0.15) is 30.7 Å². The zero-order valence-corrected chi connectivity index (χ0v) is 12.8. The predicted octanol–water partition coefficient (Wildman–Crippen LogP) is 2.21. The number of hydrogen-bond acceptors (Lipinski definition) is 4. The number of rotatable bonds is 6. The van der Waals surface area contributed by atoms with E-state index < -0.39 is 0 Å². The Labute approximate surface area is 119 Å². The Morgan fingerprint density at radius 2 is 2.21 bits per heavy atom. The summed E-state index contributed by atoms with van der Waals surface area (Å²) >= 11 is 1.55. The van der Waals surface area contributed by atoms with Gasteiger partial charge in [0.25, 0.3) is 0 Å². The van der Waals surface area contributed by atoms with E-state index in [9.17, 15) is 4.79 Å². The molecule has 0 spiro atoms. The molecule has 1 amide bonds. The van der Waals surface area contributed by atoms with Gasteiger partial charge in [-0.15, -0.1) is 11.3 Å². The second kappa shape index (κ2) is 7.27. The maximum absolute atomic E-state index is 12.1. The van der Waals surface area contributed by atoms with Crippen LogP contribution in [-0.4, -0.2) is 30.9 Å². The molecule has 104 valence electrons. The second-order valence-electron chi connectivity index (χ2n) is 5.21. The zero-order valence-electron chi connectivity index (χ0n) is 11.9. The largest absolute Gasteiger partial charge is 0.347 e. The molecule has 0 aromatic carbocycles. The van der Waals surface area contributed by atoms with Crippen LogP contribution in [-0.2, 0) is 11.3 Å². The van der Waals surface area contributed by atoms with E-state index in [0.717, 1.165) is 11.3 Å². The molecule has 0 fully saturated rings. The average Bonchev–Trinajstić information content (AvgIpc) is 2.80. The highest BCUT2D eigenvalue weighted by molar-refractivity contribution is 7.10. The van der Waals surface area contributed by atoms with Crippen molar-refractivity contribution < 1.29 is 4.79 Å². The van der Waals surface area contributed by atoms with Gasteiger partial charge in [-0.1, -0.05) is 13.8 Å². The van der Waals surface area contributed by atoms with Crippen molar-refractivity contribution in [2.45, 2.75) is 32.9 Å². The summed E-state index contributed by atoms with van der Waals surface area (Å²) in [7, 11) is 3.55. The minimum Gasteiger partial charge on any atom is -0.347 e. The molecular weight excluding hydrogens is 258 g/mol. The third-order valence-electron chi connectivity index (χ3n) is 2.75. The van der Waals surface area contributed by atoms with E-state index in [1.807, 2.05) is 11.4 Å². The maximum Gasteiger partial charge on any atom is 0.239 e. The summed E-state index contributed by atoms with van der Waals surface area (Å²) in [5, 5.41) is 13.9. The summed E-state index contributed by atoms with van der Waals surface area (Å²) in [6, 6.07) is 3.82. The third-order valence-corrected chi connectivity index (χ3v) is 3.69. The standard InChI is InChI=1S/C14H21N3OS/c1-10(2)5-13(14(18)17(3)4)16-8-12-6-11(7-15)9-19-12/h6,9-10,13,16H,5,8H2,1-4H3. The minimum absolute atomic E-state index is 0.103. The number of thiophene rings is 1. The Balaban J connectivity index is 2.62. The van der Waals surface area contributed by atoms with Crippen LogP contribution < -0.4 is 5.32 Å². The van der Waals surface area contributed by atoms with Gasteiger partial charge in [0.05, 0.1) is 11.6 Å². The lowest BCUT2D eigenvalue weighted by atomic mass is 10.0. The number of carbonyl (C=O) groups excluding carboxylic acids is 1. The minimum atomic E-state index is -0.164. The lowest BCUT2D eigenvalue weighted by Crippen LogP contribution is -2.44. The van der Waals surface area contributed by atoms with Crippen molar-refractivity contribution in [2.75, 3.05) is 14.1 Å². The van der Waals surface area contributed by atoms with Crippen molar-refractivity contribution in [2.24, 2.45) is 5.92 Å². The van der Waals surface area contributed by atoms with Gasteiger partial charge in [0.1, 0.15) is 6.07 Å². The summed E-state index contributed by atoms with van der Waals surface area (Å²) in [5.74, 6) is 0.560. The molecular formula is C14H21N3OS. The fourth-order valence-electron chi connectivity index (χ4n) is 1.81.